The van der Waals surface area contributed by atoms with Gasteiger partial charge in [0, 0.05) is 33.8 Å². The van der Waals surface area contributed by atoms with Gasteiger partial charge < -0.3 is 10.3 Å². The maximum Gasteiger partial charge on any atom is 0.273 e. The molecule has 2 N–H and O–H groups in total. The highest BCUT2D eigenvalue weighted by molar-refractivity contribution is 6.06. The van der Waals surface area contributed by atoms with Gasteiger partial charge >= 0.3 is 0 Å². The quantitative estimate of drug-likeness (QED) is 0.549. The third-order valence-electron chi connectivity index (χ3n) is 5.09. The number of hydrogen-bond donors (Lipinski definition) is 2. The number of nitro benzene ring substituents is 1. The van der Waals surface area contributed by atoms with Crippen molar-refractivity contribution in [1.29, 1.82) is 0 Å². The Balaban J connectivity index is 1.69. The van der Waals surface area contributed by atoms with E-state index >= 15 is 0 Å². The van der Waals surface area contributed by atoms with E-state index in [1.807, 2.05) is 6.07 Å². The number of hydrogen-bond acceptors (Lipinski definition) is 4. The molecule has 0 radical (unpaired) electrons. The van der Waals surface area contributed by atoms with Crippen LogP contribution in [0.3, 0.4) is 0 Å². The van der Waals surface area contributed by atoms with E-state index in [1.165, 1.54) is 12.1 Å². The van der Waals surface area contributed by atoms with E-state index in [9.17, 15) is 19.7 Å². The average molecular weight is 363 g/mol. The second-order valence-corrected chi connectivity index (χ2v) is 6.69. The van der Waals surface area contributed by atoms with Gasteiger partial charge in [-0.25, -0.2) is 0 Å². The molecule has 0 unspecified atom stereocenters. The van der Waals surface area contributed by atoms with Gasteiger partial charge in [-0.05, 0) is 49.9 Å². The molecule has 1 aliphatic rings. The summed E-state index contributed by atoms with van der Waals surface area (Å²) in [4.78, 5) is 38.3. The number of aromatic amines is 1. The zero-order valence-corrected chi connectivity index (χ0v) is 14.7. The maximum absolute atomic E-state index is 12.6. The molecular weight excluding hydrogens is 346 g/mol. The lowest BCUT2D eigenvalue weighted by atomic mass is 10.0. The van der Waals surface area contributed by atoms with Crippen LogP contribution in [0.5, 0.6) is 0 Å². The topological polar surface area (TPSA) is 105 Å². The average Bonchev–Trinajstić information content (AvgIpc) is 3.12. The summed E-state index contributed by atoms with van der Waals surface area (Å²) in [6.07, 6.45) is 2.65. The molecule has 0 fully saturated rings. The first-order valence-electron chi connectivity index (χ1n) is 8.69. The number of amides is 1. The lowest BCUT2D eigenvalue weighted by molar-refractivity contribution is -0.385. The largest absolute Gasteiger partial charge is 0.322 e. The van der Waals surface area contributed by atoms with E-state index in [-0.39, 0.29) is 16.8 Å². The molecule has 7 nitrogen and oxygen atoms in total. The number of rotatable bonds is 3. The summed E-state index contributed by atoms with van der Waals surface area (Å²) in [5.74, 6) is -0.431. The summed E-state index contributed by atoms with van der Waals surface area (Å²) in [7, 11) is 0. The molecule has 0 bridgehead atoms. The summed E-state index contributed by atoms with van der Waals surface area (Å²) in [6, 6.07) is 9.80. The SMILES string of the molecule is Cc1c(C(=O)Nc2ccc3c4c(c(=O)[nH]c3c2)CCC4)cccc1[N+](=O)[O-]. The number of H-pyrrole nitrogens is 1. The molecule has 3 aromatic rings. The lowest BCUT2D eigenvalue weighted by Gasteiger charge is -2.10. The van der Waals surface area contributed by atoms with Crippen molar-refractivity contribution >= 4 is 28.2 Å². The van der Waals surface area contributed by atoms with Gasteiger partial charge in [-0.15, -0.1) is 0 Å². The molecule has 2 aromatic carbocycles. The fourth-order valence-corrected chi connectivity index (χ4v) is 3.74. The Labute approximate surface area is 154 Å². The molecule has 0 saturated heterocycles. The number of anilines is 1. The van der Waals surface area contributed by atoms with Crippen molar-refractivity contribution in [1.82, 2.24) is 4.98 Å². The number of nitro groups is 1. The van der Waals surface area contributed by atoms with Gasteiger partial charge in [0.25, 0.3) is 17.2 Å². The van der Waals surface area contributed by atoms with Gasteiger partial charge in [-0.2, -0.15) is 0 Å². The molecule has 1 aromatic heterocycles. The Morgan fingerprint density at radius 1 is 1.19 bits per heavy atom. The Hall–Kier alpha value is -3.48. The minimum absolute atomic E-state index is 0.0759. The minimum atomic E-state index is -0.506. The van der Waals surface area contributed by atoms with E-state index in [2.05, 4.69) is 10.3 Å². The van der Waals surface area contributed by atoms with E-state index in [0.717, 1.165) is 35.8 Å². The fraction of sp³-hybridized carbons (Fsp3) is 0.200. The number of aromatic nitrogens is 1. The first-order valence-corrected chi connectivity index (χ1v) is 8.69. The number of benzene rings is 2. The molecular formula is C20H17N3O4. The molecule has 27 heavy (non-hydrogen) atoms. The number of nitrogens with one attached hydrogen (secondary N) is 2. The summed E-state index contributed by atoms with van der Waals surface area (Å²) in [5, 5.41) is 14.8. The molecule has 1 heterocycles. The summed E-state index contributed by atoms with van der Waals surface area (Å²) in [6.45, 7) is 1.55. The normalized spacial score (nSPS) is 12.8. The third kappa shape index (κ3) is 2.87. The van der Waals surface area contributed by atoms with Crippen molar-refractivity contribution < 1.29 is 9.72 Å². The molecule has 136 valence electrons. The van der Waals surface area contributed by atoms with Crippen LogP contribution in [0.25, 0.3) is 10.9 Å². The summed E-state index contributed by atoms with van der Waals surface area (Å²) < 4.78 is 0. The molecule has 1 amide bonds. The van der Waals surface area contributed by atoms with Gasteiger partial charge in [-0.1, -0.05) is 12.1 Å². The number of aryl methyl sites for hydroxylation is 1. The second-order valence-electron chi connectivity index (χ2n) is 6.69. The fourth-order valence-electron chi connectivity index (χ4n) is 3.74. The van der Waals surface area contributed by atoms with Crippen molar-refractivity contribution in [2.75, 3.05) is 5.32 Å². The van der Waals surface area contributed by atoms with Crippen LogP contribution in [-0.2, 0) is 12.8 Å². The second kappa shape index (κ2) is 6.35. The predicted molar refractivity (Wildman–Crippen MR) is 102 cm³/mol. The Morgan fingerprint density at radius 3 is 2.74 bits per heavy atom. The number of nitrogens with zero attached hydrogens (tertiary/aromatic N) is 1. The van der Waals surface area contributed by atoms with Crippen molar-refractivity contribution in [3.05, 3.63) is 79.1 Å². The highest BCUT2D eigenvalue weighted by atomic mass is 16.6. The third-order valence-corrected chi connectivity index (χ3v) is 5.09. The Kier molecular flexibility index (Phi) is 3.99. The molecule has 0 atom stereocenters. The molecule has 1 aliphatic carbocycles. The number of carbonyl (C=O) groups is 1. The maximum atomic E-state index is 12.6. The van der Waals surface area contributed by atoms with Crippen molar-refractivity contribution in [2.45, 2.75) is 26.2 Å². The number of fused-ring (bicyclic) bond motifs is 3. The first-order chi connectivity index (χ1) is 13.0. The van der Waals surface area contributed by atoms with Crippen LogP contribution in [0, 0.1) is 17.0 Å². The van der Waals surface area contributed by atoms with Crippen LogP contribution < -0.4 is 10.9 Å². The highest BCUT2D eigenvalue weighted by Crippen LogP contribution is 2.28. The highest BCUT2D eigenvalue weighted by Gasteiger charge is 2.20. The number of carbonyl (C=O) groups excluding carboxylic acids is 1. The zero-order chi connectivity index (χ0) is 19.1. The Bertz CT molecular complexity index is 1160. The smallest absolute Gasteiger partial charge is 0.273 e. The van der Waals surface area contributed by atoms with Crippen molar-refractivity contribution in [3.8, 4) is 0 Å². The molecule has 0 spiro atoms. The minimum Gasteiger partial charge on any atom is -0.322 e. The van der Waals surface area contributed by atoms with Crippen molar-refractivity contribution in [2.24, 2.45) is 0 Å². The zero-order valence-electron chi connectivity index (χ0n) is 14.7. The van der Waals surface area contributed by atoms with Crippen LogP contribution in [0.2, 0.25) is 0 Å². The molecule has 0 aliphatic heterocycles. The lowest BCUT2D eigenvalue weighted by Crippen LogP contribution is -2.15. The number of pyridine rings is 1. The van der Waals surface area contributed by atoms with Crippen LogP contribution in [0.4, 0.5) is 11.4 Å². The van der Waals surface area contributed by atoms with Gasteiger partial charge in [0.1, 0.15) is 0 Å². The molecule has 0 saturated carbocycles. The van der Waals surface area contributed by atoms with E-state index < -0.39 is 10.8 Å². The monoisotopic (exact) mass is 363 g/mol. The van der Waals surface area contributed by atoms with Crippen LogP contribution in [0.15, 0.2) is 41.2 Å². The Morgan fingerprint density at radius 2 is 1.96 bits per heavy atom. The first kappa shape index (κ1) is 17.0. The molecule has 7 heteroatoms. The van der Waals surface area contributed by atoms with E-state index in [4.69, 9.17) is 0 Å². The van der Waals surface area contributed by atoms with Gasteiger partial charge in [0.2, 0.25) is 0 Å². The summed E-state index contributed by atoms with van der Waals surface area (Å²) in [5.41, 5.74) is 3.52. The van der Waals surface area contributed by atoms with Crippen molar-refractivity contribution in [3.63, 3.8) is 0 Å². The van der Waals surface area contributed by atoms with E-state index in [0.29, 0.717) is 16.8 Å². The van der Waals surface area contributed by atoms with Crippen LogP contribution in [0.1, 0.15) is 33.5 Å². The summed E-state index contributed by atoms with van der Waals surface area (Å²) >= 11 is 0. The van der Waals surface area contributed by atoms with Gasteiger partial charge in [-0.3, -0.25) is 19.7 Å². The molecule has 4 rings (SSSR count). The van der Waals surface area contributed by atoms with Crippen LogP contribution >= 0.6 is 0 Å². The van der Waals surface area contributed by atoms with Gasteiger partial charge in [0.15, 0.2) is 0 Å². The van der Waals surface area contributed by atoms with Gasteiger partial charge in [0.05, 0.1) is 10.4 Å². The van der Waals surface area contributed by atoms with E-state index in [1.54, 1.807) is 25.1 Å². The standard InChI is InChI=1S/C20H17N3O4/c1-11-13(4-3-7-18(11)23(26)27)19(24)21-12-8-9-15-14-5-2-6-16(14)20(25)22-17(15)10-12/h3-4,7-10H,2,5-6H2,1H3,(H,21,24)(H,22,25). The van der Waals surface area contributed by atoms with Crippen LogP contribution in [-0.4, -0.2) is 15.8 Å². The predicted octanol–water partition coefficient (Wildman–Crippen LogP) is 3.49.